The number of amides is 1. The molecule has 1 aromatic carbocycles. The number of methoxy groups -OCH3 is 2. The zero-order valence-electron chi connectivity index (χ0n) is 14.1. The van der Waals surface area contributed by atoms with Gasteiger partial charge in [0.25, 0.3) is 0 Å². The zero-order valence-corrected chi connectivity index (χ0v) is 14.1. The van der Waals surface area contributed by atoms with Crippen LogP contribution >= 0.6 is 0 Å². The lowest BCUT2D eigenvalue weighted by molar-refractivity contribution is -0.153. The molecule has 1 atom stereocenters. The summed E-state index contributed by atoms with van der Waals surface area (Å²) in [4.78, 5) is 24.7. The minimum absolute atomic E-state index is 0.143. The molecule has 1 aliphatic carbocycles. The topological polar surface area (TPSA) is 73.9 Å². The van der Waals surface area contributed by atoms with Gasteiger partial charge in [0, 0.05) is 6.07 Å². The number of carbonyl (C=O) groups is 2. The molecule has 1 saturated carbocycles. The van der Waals surface area contributed by atoms with Crippen LogP contribution in [0.1, 0.15) is 38.5 Å². The zero-order chi connectivity index (χ0) is 17.2. The molecule has 6 heteroatoms. The number of carbonyl (C=O) groups excluding carboxylic acids is 2. The third-order valence-electron chi connectivity index (χ3n) is 5.01. The van der Waals surface area contributed by atoms with Crippen LogP contribution in [0.15, 0.2) is 18.2 Å². The fourth-order valence-corrected chi connectivity index (χ4v) is 3.75. The average molecular weight is 333 g/mol. The van der Waals surface area contributed by atoms with Crippen LogP contribution in [-0.4, -0.2) is 31.7 Å². The normalized spacial score (nSPS) is 22.1. The average Bonchev–Trinajstić information content (AvgIpc) is 2.91. The van der Waals surface area contributed by atoms with Crippen molar-refractivity contribution in [3.63, 3.8) is 0 Å². The summed E-state index contributed by atoms with van der Waals surface area (Å²) in [6.07, 6.45) is 4.77. The van der Waals surface area contributed by atoms with Gasteiger partial charge >= 0.3 is 5.97 Å². The number of hydrogen-bond acceptors (Lipinski definition) is 5. The van der Waals surface area contributed by atoms with E-state index >= 15 is 0 Å². The van der Waals surface area contributed by atoms with E-state index in [4.69, 9.17) is 14.2 Å². The highest BCUT2D eigenvalue weighted by Crippen LogP contribution is 2.45. The van der Waals surface area contributed by atoms with E-state index in [1.54, 1.807) is 25.3 Å². The largest absolute Gasteiger partial charge is 0.497 e. The maximum Gasteiger partial charge on any atom is 0.307 e. The summed E-state index contributed by atoms with van der Waals surface area (Å²) in [5.74, 6) is 0.251. The molecule has 0 bridgehead atoms. The summed E-state index contributed by atoms with van der Waals surface area (Å²) >= 11 is 0. The molecule has 1 N–H and O–H groups in total. The van der Waals surface area contributed by atoms with E-state index in [0.29, 0.717) is 17.2 Å². The van der Waals surface area contributed by atoms with Crippen LogP contribution in [0.5, 0.6) is 11.5 Å². The monoisotopic (exact) mass is 333 g/mol. The van der Waals surface area contributed by atoms with Gasteiger partial charge < -0.3 is 19.5 Å². The predicted molar refractivity (Wildman–Crippen MR) is 88.2 cm³/mol. The van der Waals surface area contributed by atoms with Crippen molar-refractivity contribution >= 4 is 17.6 Å². The van der Waals surface area contributed by atoms with E-state index in [0.717, 1.165) is 32.1 Å². The third kappa shape index (κ3) is 3.05. The van der Waals surface area contributed by atoms with Crippen LogP contribution < -0.4 is 14.8 Å². The Balaban J connectivity index is 1.80. The van der Waals surface area contributed by atoms with Gasteiger partial charge in [-0.2, -0.15) is 0 Å². The van der Waals surface area contributed by atoms with Crippen molar-refractivity contribution in [1.29, 1.82) is 0 Å². The molecule has 0 aromatic heterocycles. The Labute approximate surface area is 141 Å². The van der Waals surface area contributed by atoms with Crippen LogP contribution in [0.25, 0.3) is 0 Å². The SMILES string of the molecule is COc1ccc(NC(=O)[C@H]2CC(=O)OC23CCCCC3)c(OC)c1. The minimum Gasteiger partial charge on any atom is -0.497 e. The van der Waals surface area contributed by atoms with E-state index in [2.05, 4.69) is 5.32 Å². The fourth-order valence-electron chi connectivity index (χ4n) is 3.75. The lowest BCUT2D eigenvalue weighted by atomic mass is 9.75. The Morgan fingerprint density at radius 2 is 1.96 bits per heavy atom. The number of esters is 1. The Hall–Kier alpha value is -2.24. The summed E-state index contributed by atoms with van der Waals surface area (Å²) in [6, 6.07) is 5.20. The molecule has 2 aliphatic rings. The van der Waals surface area contributed by atoms with Gasteiger partial charge in [-0.15, -0.1) is 0 Å². The molecule has 2 fully saturated rings. The van der Waals surface area contributed by atoms with Crippen molar-refractivity contribution in [3.05, 3.63) is 18.2 Å². The van der Waals surface area contributed by atoms with Gasteiger partial charge in [0.05, 0.1) is 32.2 Å². The van der Waals surface area contributed by atoms with Gasteiger partial charge in [-0.3, -0.25) is 9.59 Å². The minimum atomic E-state index is -0.626. The second-order valence-corrected chi connectivity index (χ2v) is 6.41. The molecule has 1 aliphatic heterocycles. The van der Waals surface area contributed by atoms with E-state index in [1.165, 1.54) is 7.11 Å². The van der Waals surface area contributed by atoms with Crippen LogP contribution in [0.3, 0.4) is 0 Å². The number of hydrogen-bond donors (Lipinski definition) is 1. The molecule has 1 spiro atoms. The molecule has 1 amide bonds. The maximum atomic E-state index is 12.8. The number of anilines is 1. The molecule has 130 valence electrons. The third-order valence-corrected chi connectivity index (χ3v) is 5.01. The first-order valence-electron chi connectivity index (χ1n) is 8.33. The summed E-state index contributed by atoms with van der Waals surface area (Å²) < 4.78 is 16.1. The maximum absolute atomic E-state index is 12.8. The van der Waals surface area contributed by atoms with Gasteiger partial charge in [0.15, 0.2) is 0 Å². The molecule has 0 radical (unpaired) electrons. The fraction of sp³-hybridized carbons (Fsp3) is 0.556. The van der Waals surface area contributed by atoms with Crippen molar-refractivity contribution in [2.45, 2.75) is 44.1 Å². The highest BCUT2D eigenvalue weighted by atomic mass is 16.6. The smallest absolute Gasteiger partial charge is 0.307 e. The van der Waals surface area contributed by atoms with Crippen molar-refractivity contribution in [2.24, 2.45) is 5.92 Å². The Morgan fingerprint density at radius 1 is 1.21 bits per heavy atom. The summed E-state index contributed by atoms with van der Waals surface area (Å²) in [5, 5.41) is 2.90. The quantitative estimate of drug-likeness (QED) is 0.858. The van der Waals surface area contributed by atoms with Crippen molar-refractivity contribution in [3.8, 4) is 11.5 Å². The Morgan fingerprint density at radius 3 is 2.62 bits per heavy atom. The number of benzene rings is 1. The van der Waals surface area contributed by atoms with Crippen LogP contribution in [-0.2, 0) is 14.3 Å². The molecule has 24 heavy (non-hydrogen) atoms. The molecule has 0 unspecified atom stereocenters. The van der Waals surface area contributed by atoms with Gasteiger partial charge in [-0.1, -0.05) is 6.42 Å². The first kappa shape index (κ1) is 16.6. The second-order valence-electron chi connectivity index (χ2n) is 6.41. The van der Waals surface area contributed by atoms with Crippen molar-refractivity contribution in [1.82, 2.24) is 0 Å². The predicted octanol–water partition coefficient (Wildman–Crippen LogP) is 2.91. The van der Waals surface area contributed by atoms with Crippen molar-refractivity contribution < 1.29 is 23.8 Å². The van der Waals surface area contributed by atoms with E-state index in [-0.39, 0.29) is 18.3 Å². The molecule has 1 saturated heterocycles. The molecular formula is C18H23NO5. The first-order valence-corrected chi connectivity index (χ1v) is 8.33. The standard InChI is InChI=1S/C18H23NO5/c1-22-12-6-7-14(15(10-12)23-2)19-17(21)13-11-16(20)24-18(13)8-4-3-5-9-18/h6-7,10,13H,3-5,8-9,11H2,1-2H3,(H,19,21)/t13-/m1/s1. The van der Waals surface area contributed by atoms with Gasteiger partial charge in [0.1, 0.15) is 17.1 Å². The lowest BCUT2D eigenvalue weighted by Gasteiger charge is -2.36. The van der Waals surface area contributed by atoms with Gasteiger partial charge in [0.2, 0.25) is 5.91 Å². The Bertz CT molecular complexity index is 636. The van der Waals surface area contributed by atoms with Gasteiger partial charge in [-0.05, 0) is 37.8 Å². The lowest BCUT2D eigenvalue weighted by Crippen LogP contribution is -2.43. The highest BCUT2D eigenvalue weighted by molar-refractivity contribution is 5.98. The molecular weight excluding hydrogens is 310 g/mol. The van der Waals surface area contributed by atoms with E-state index in [1.807, 2.05) is 0 Å². The summed E-state index contributed by atoms with van der Waals surface area (Å²) in [6.45, 7) is 0. The highest BCUT2D eigenvalue weighted by Gasteiger charge is 2.52. The summed E-state index contributed by atoms with van der Waals surface area (Å²) in [7, 11) is 3.11. The van der Waals surface area contributed by atoms with Crippen LogP contribution in [0, 0.1) is 5.92 Å². The van der Waals surface area contributed by atoms with E-state index < -0.39 is 11.5 Å². The number of rotatable bonds is 4. The molecule has 1 heterocycles. The Kier molecular flexibility index (Phi) is 4.64. The number of nitrogens with one attached hydrogen (secondary N) is 1. The first-order chi connectivity index (χ1) is 11.6. The van der Waals surface area contributed by atoms with Crippen LogP contribution in [0.4, 0.5) is 5.69 Å². The second kappa shape index (κ2) is 6.71. The molecule has 1 aromatic rings. The number of ether oxygens (including phenoxy) is 3. The van der Waals surface area contributed by atoms with Crippen molar-refractivity contribution in [2.75, 3.05) is 19.5 Å². The summed E-state index contributed by atoms with van der Waals surface area (Å²) in [5.41, 5.74) is -0.0623. The van der Waals surface area contributed by atoms with Gasteiger partial charge in [-0.25, -0.2) is 0 Å². The molecule has 6 nitrogen and oxygen atoms in total. The molecule has 3 rings (SSSR count). The van der Waals surface area contributed by atoms with Crippen LogP contribution in [0.2, 0.25) is 0 Å². The van der Waals surface area contributed by atoms with E-state index in [9.17, 15) is 9.59 Å².